The Hall–Kier alpha value is -2.86. The van der Waals surface area contributed by atoms with Crippen molar-refractivity contribution >= 4 is 22.4 Å². The smallest absolute Gasteiger partial charge is 0.261 e. The van der Waals surface area contributed by atoms with Crippen molar-refractivity contribution in [2.24, 2.45) is 0 Å². The fraction of sp³-hybridized carbons (Fsp3) is 0.158. The second-order valence-electron chi connectivity index (χ2n) is 5.38. The number of hydrogen-bond acceptors (Lipinski definition) is 5. The van der Waals surface area contributed by atoms with Gasteiger partial charge in [0.05, 0.1) is 25.5 Å². The molecule has 1 N–H and O–H groups in total. The van der Waals surface area contributed by atoms with Crippen LogP contribution in [-0.4, -0.2) is 25.1 Å². The Kier molecular flexibility index (Phi) is 5.00. The van der Waals surface area contributed by atoms with E-state index < -0.39 is 0 Å². The number of anilines is 1. The lowest BCUT2D eigenvalue weighted by Gasteiger charge is -2.07. The summed E-state index contributed by atoms with van der Waals surface area (Å²) in [5, 5.41) is 5.28. The van der Waals surface area contributed by atoms with E-state index in [0.717, 1.165) is 22.6 Å². The SMILES string of the molecule is COc1ccc(-c2csc(NC(=O)c3ccccc3OC)n2)cc1C. The zero-order chi connectivity index (χ0) is 17.8. The van der Waals surface area contributed by atoms with Gasteiger partial charge >= 0.3 is 0 Å². The molecule has 0 fully saturated rings. The van der Waals surface area contributed by atoms with E-state index in [-0.39, 0.29) is 5.91 Å². The van der Waals surface area contributed by atoms with Crippen LogP contribution in [0.1, 0.15) is 15.9 Å². The molecule has 1 aromatic heterocycles. The summed E-state index contributed by atoms with van der Waals surface area (Å²) in [5.41, 5.74) is 3.30. The van der Waals surface area contributed by atoms with Crippen LogP contribution in [-0.2, 0) is 0 Å². The van der Waals surface area contributed by atoms with E-state index in [1.165, 1.54) is 11.3 Å². The number of aromatic nitrogens is 1. The first-order valence-electron chi connectivity index (χ1n) is 7.67. The predicted octanol–water partition coefficient (Wildman–Crippen LogP) is 4.39. The van der Waals surface area contributed by atoms with Crippen molar-refractivity contribution in [2.45, 2.75) is 6.92 Å². The van der Waals surface area contributed by atoms with Gasteiger partial charge in [-0.2, -0.15) is 0 Å². The number of amides is 1. The number of rotatable bonds is 5. The Morgan fingerprint density at radius 2 is 1.84 bits per heavy atom. The highest BCUT2D eigenvalue weighted by molar-refractivity contribution is 7.14. The lowest BCUT2D eigenvalue weighted by atomic mass is 10.1. The molecule has 3 aromatic rings. The van der Waals surface area contributed by atoms with Gasteiger partial charge in [-0.25, -0.2) is 4.98 Å². The standard InChI is InChI=1S/C19H18N2O3S/c1-12-10-13(8-9-16(12)23-2)15-11-25-19(20-15)21-18(22)14-6-4-5-7-17(14)24-3/h4-11H,1-3H3,(H,20,21,22). The summed E-state index contributed by atoms with van der Waals surface area (Å²) in [4.78, 5) is 16.9. The molecule has 3 rings (SSSR count). The van der Waals surface area contributed by atoms with Crippen LogP contribution in [0.3, 0.4) is 0 Å². The minimum atomic E-state index is -0.246. The van der Waals surface area contributed by atoms with Gasteiger partial charge < -0.3 is 9.47 Å². The van der Waals surface area contributed by atoms with E-state index in [4.69, 9.17) is 9.47 Å². The van der Waals surface area contributed by atoms with Gasteiger partial charge in [0.25, 0.3) is 5.91 Å². The molecule has 128 valence electrons. The molecule has 0 aliphatic rings. The summed E-state index contributed by atoms with van der Waals surface area (Å²) < 4.78 is 10.5. The monoisotopic (exact) mass is 354 g/mol. The van der Waals surface area contributed by atoms with E-state index in [1.807, 2.05) is 36.6 Å². The molecule has 2 aromatic carbocycles. The van der Waals surface area contributed by atoms with Crippen LogP contribution < -0.4 is 14.8 Å². The molecule has 0 saturated heterocycles. The molecule has 0 radical (unpaired) electrons. The molecule has 6 heteroatoms. The van der Waals surface area contributed by atoms with Crippen molar-refractivity contribution in [1.82, 2.24) is 4.98 Å². The molecule has 5 nitrogen and oxygen atoms in total. The van der Waals surface area contributed by atoms with Crippen molar-refractivity contribution in [2.75, 3.05) is 19.5 Å². The summed E-state index contributed by atoms with van der Waals surface area (Å²) in [5.74, 6) is 1.12. The van der Waals surface area contributed by atoms with Crippen molar-refractivity contribution < 1.29 is 14.3 Å². The zero-order valence-electron chi connectivity index (χ0n) is 14.2. The molecule has 1 amide bonds. The summed E-state index contributed by atoms with van der Waals surface area (Å²) >= 11 is 1.38. The number of hydrogen-bond donors (Lipinski definition) is 1. The van der Waals surface area contributed by atoms with E-state index in [1.54, 1.807) is 32.4 Å². The Morgan fingerprint density at radius 1 is 1.08 bits per heavy atom. The molecule has 0 aliphatic carbocycles. The molecule has 0 atom stereocenters. The quantitative estimate of drug-likeness (QED) is 0.738. The van der Waals surface area contributed by atoms with Crippen molar-refractivity contribution in [3.05, 3.63) is 59.0 Å². The molecule has 0 spiro atoms. The van der Waals surface area contributed by atoms with Gasteiger partial charge in [-0.15, -0.1) is 11.3 Å². The Balaban J connectivity index is 1.80. The lowest BCUT2D eigenvalue weighted by molar-refractivity contribution is 0.102. The van der Waals surface area contributed by atoms with Crippen molar-refractivity contribution in [1.29, 1.82) is 0 Å². The summed E-state index contributed by atoms with van der Waals surface area (Å²) in [7, 11) is 3.19. The zero-order valence-corrected chi connectivity index (χ0v) is 15.0. The Bertz CT molecular complexity index is 905. The fourth-order valence-electron chi connectivity index (χ4n) is 2.50. The topological polar surface area (TPSA) is 60.5 Å². The molecule has 0 saturated carbocycles. The number of nitrogens with one attached hydrogen (secondary N) is 1. The summed E-state index contributed by atoms with van der Waals surface area (Å²) in [6.07, 6.45) is 0. The number of aryl methyl sites for hydroxylation is 1. The van der Waals surface area contributed by atoms with Crippen molar-refractivity contribution in [3.63, 3.8) is 0 Å². The largest absolute Gasteiger partial charge is 0.496 e. The number of nitrogens with zero attached hydrogens (tertiary/aromatic N) is 1. The van der Waals surface area contributed by atoms with E-state index in [9.17, 15) is 4.79 Å². The second kappa shape index (κ2) is 7.36. The van der Waals surface area contributed by atoms with Crippen molar-refractivity contribution in [3.8, 4) is 22.8 Å². The van der Waals surface area contributed by atoms with E-state index >= 15 is 0 Å². The number of ether oxygens (including phenoxy) is 2. The first kappa shape index (κ1) is 17.0. The predicted molar refractivity (Wildman–Crippen MR) is 99.8 cm³/mol. The normalized spacial score (nSPS) is 10.4. The number of methoxy groups -OCH3 is 2. The van der Waals surface area contributed by atoms with Crippen LogP contribution in [0.4, 0.5) is 5.13 Å². The van der Waals surface area contributed by atoms with Crippen LogP contribution in [0.15, 0.2) is 47.8 Å². The van der Waals surface area contributed by atoms with Gasteiger partial charge in [0.15, 0.2) is 5.13 Å². The molecule has 1 heterocycles. The lowest BCUT2D eigenvalue weighted by Crippen LogP contribution is -2.12. The van der Waals surface area contributed by atoms with Gasteiger partial charge in [0.2, 0.25) is 0 Å². The van der Waals surface area contributed by atoms with Gasteiger partial charge in [-0.3, -0.25) is 10.1 Å². The first-order valence-corrected chi connectivity index (χ1v) is 8.55. The third-order valence-corrected chi connectivity index (χ3v) is 4.52. The van der Waals surface area contributed by atoms with E-state index in [0.29, 0.717) is 16.4 Å². The molecule has 0 aliphatic heterocycles. The molecular weight excluding hydrogens is 336 g/mol. The second-order valence-corrected chi connectivity index (χ2v) is 6.23. The molecule has 0 bridgehead atoms. The fourth-order valence-corrected chi connectivity index (χ4v) is 3.21. The van der Waals surface area contributed by atoms with Gasteiger partial charge in [0, 0.05) is 10.9 Å². The third-order valence-electron chi connectivity index (χ3n) is 3.77. The maximum absolute atomic E-state index is 12.4. The maximum atomic E-state index is 12.4. The van der Waals surface area contributed by atoms with Crippen LogP contribution in [0.25, 0.3) is 11.3 Å². The van der Waals surface area contributed by atoms with Crippen LogP contribution in [0.2, 0.25) is 0 Å². The number of benzene rings is 2. The molecule has 0 unspecified atom stereocenters. The average Bonchev–Trinajstić information content (AvgIpc) is 3.10. The summed E-state index contributed by atoms with van der Waals surface area (Å²) in [6, 6.07) is 13.0. The van der Waals surface area contributed by atoms with Gasteiger partial charge in [-0.1, -0.05) is 12.1 Å². The molecular formula is C19H18N2O3S. The summed E-state index contributed by atoms with van der Waals surface area (Å²) in [6.45, 7) is 1.99. The number of thiazole rings is 1. The Morgan fingerprint density at radius 3 is 2.56 bits per heavy atom. The Labute approximate surface area is 150 Å². The first-order chi connectivity index (χ1) is 12.1. The number of carbonyl (C=O) groups is 1. The van der Waals surface area contributed by atoms with Crippen LogP contribution in [0.5, 0.6) is 11.5 Å². The molecule has 25 heavy (non-hydrogen) atoms. The van der Waals surface area contributed by atoms with E-state index in [2.05, 4.69) is 10.3 Å². The maximum Gasteiger partial charge on any atom is 0.261 e. The minimum Gasteiger partial charge on any atom is -0.496 e. The third kappa shape index (κ3) is 3.64. The number of para-hydroxylation sites is 1. The van der Waals surface area contributed by atoms with Crippen LogP contribution >= 0.6 is 11.3 Å². The van der Waals surface area contributed by atoms with Crippen LogP contribution in [0, 0.1) is 6.92 Å². The highest BCUT2D eigenvalue weighted by Crippen LogP contribution is 2.29. The average molecular weight is 354 g/mol. The van der Waals surface area contributed by atoms with Gasteiger partial charge in [-0.05, 0) is 42.8 Å². The van der Waals surface area contributed by atoms with Gasteiger partial charge in [0.1, 0.15) is 11.5 Å². The minimum absolute atomic E-state index is 0.246. The highest BCUT2D eigenvalue weighted by atomic mass is 32.1. The highest BCUT2D eigenvalue weighted by Gasteiger charge is 2.14. The number of carbonyl (C=O) groups excluding carboxylic acids is 1.